The third-order valence-electron chi connectivity index (χ3n) is 4.35. The monoisotopic (exact) mass is 484 g/mol. The minimum Gasteiger partial charge on any atom is -0.462 e. The van der Waals surface area contributed by atoms with Crippen molar-refractivity contribution in [3.8, 4) is 9.75 Å². The van der Waals surface area contributed by atoms with E-state index in [1.54, 1.807) is 40.2 Å². The first-order valence-electron chi connectivity index (χ1n) is 9.77. The zero-order chi connectivity index (χ0) is 21.6. The summed E-state index contributed by atoms with van der Waals surface area (Å²) in [6.07, 6.45) is 4.34. The lowest BCUT2D eigenvalue weighted by Crippen LogP contribution is -2.06. The maximum Gasteiger partial charge on any atom is 0.341 e. The molecule has 0 aliphatic carbocycles. The van der Waals surface area contributed by atoms with Crippen LogP contribution in [0.5, 0.6) is 0 Å². The van der Waals surface area contributed by atoms with Gasteiger partial charge in [0.05, 0.1) is 6.61 Å². The Morgan fingerprint density at radius 1 is 0.903 bits per heavy atom. The first kappa shape index (κ1) is 21.8. The predicted octanol–water partition coefficient (Wildman–Crippen LogP) is 7.84. The van der Waals surface area contributed by atoms with Crippen LogP contribution in [0, 0.1) is 0 Å². The van der Waals surface area contributed by atoms with Crippen LogP contribution in [-0.2, 0) is 11.2 Å². The lowest BCUT2D eigenvalue weighted by molar-refractivity contribution is 0.0527. The number of hydrogen-bond donors (Lipinski definition) is 0. The van der Waals surface area contributed by atoms with Crippen LogP contribution in [0.15, 0.2) is 57.1 Å². The quantitative estimate of drug-likeness (QED) is 0.189. The number of carbonyl (C=O) groups is 1. The van der Waals surface area contributed by atoms with E-state index in [1.165, 1.54) is 21.1 Å². The lowest BCUT2D eigenvalue weighted by Gasteiger charge is -2.03. The summed E-state index contributed by atoms with van der Waals surface area (Å²) in [5.74, 6) is -0.341. The van der Waals surface area contributed by atoms with Gasteiger partial charge in [-0.1, -0.05) is 30.4 Å². The van der Waals surface area contributed by atoms with Gasteiger partial charge in [0.15, 0.2) is 0 Å². The highest BCUT2D eigenvalue weighted by molar-refractivity contribution is 7.22. The van der Waals surface area contributed by atoms with Gasteiger partial charge in [-0.2, -0.15) is 0 Å². The second-order valence-corrected chi connectivity index (χ2v) is 10.4. The molecule has 0 amide bonds. The van der Waals surface area contributed by atoms with E-state index in [2.05, 4.69) is 34.6 Å². The van der Waals surface area contributed by atoms with Crippen LogP contribution in [-0.4, -0.2) is 25.0 Å². The van der Waals surface area contributed by atoms with Crippen molar-refractivity contribution in [1.82, 2.24) is 0 Å². The minimum absolute atomic E-state index is 0.325. The highest BCUT2D eigenvalue weighted by atomic mass is 32.1. The number of thiophene rings is 4. The third kappa shape index (κ3) is 5.10. The van der Waals surface area contributed by atoms with Crippen molar-refractivity contribution >= 4 is 73.7 Å². The van der Waals surface area contributed by atoms with Crippen molar-refractivity contribution < 1.29 is 9.53 Å². The van der Waals surface area contributed by atoms with Crippen molar-refractivity contribution in [2.24, 2.45) is 9.98 Å². The number of rotatable bonds is 8. The second-order valence-electron chi connectivity index (χ2n) is 6.35. The van der Waals surface area contributed by atoms with Crippen molar-refractivity contribution in [3.05, 3.63) is 68.0 Å². The molecule has 4 aromatic heterocycles. The standard InChI is InChI=1S/C23H20N2O2S4/c1-3-17-20(23(26)27-4-2)22(25-13-15-7-5-11-28-15)31-21(17)24-14-16-9-10-19(30-16)18-8-6-12-29-18/h5-14H,3-4H2,1-2H3. The Kier molecular flexibility index (Phi) is 7.24. The second kappa shape index (κ2) is 10.3. The van der Waals surface area contributed by atoms with E-state index >= 15 is 0 Å². The molecule has 0 atom stereocenters. The van der Waals surface area contributed by atoms with Crippen molar-refractivity contribution in [3.63, 3.8) is 0 Å². The molecule has 4 aromatic rings. The number of aliphatic imine (C=N–C) groups is 2. The summed E-state index contributed by atoms with van der Waals surface area (Å²) in [4.78, 5) is 26.6. The van der Waals surface area contributed by atoms with E-state index in [-0.39, 0.29) is 5.97 Å². The molecule has 0 N–H and O–H groups in total. The Hall–Kier alpha value is -2.39. The van der Waals surface area contributed by atoms with Crippen LogP contribution < -0.4 is 0 Å². The van der Waals surface area contributed by atoms with Crippen molar-refractivity contribution in [2.45, 2.75) is 20.3 Å². The summed E-state index contributed by atoms with van der Waals surface area (Å²) >= 11 is 6.46. The highest BCUT2D eigenvalue weighted by Crippen LogP contribution is 2.42. The Balaban J connectivity index is 1.67. The molecule has 0 saturated carbocycles. The minimum atomic E-state index is -0.341. The molecule has 31 heavy (non-hydrogen) atoms. The lowest BCUT2D eigenvalue weighted by atomic mass is 10.1. The van der Waals surface area contributed by atoms with E-state index in [9.17, 15) is 4.79 Å². The van der Waals surface area contributed by atoms with E-state index in [0.717, 1.165) is 20.3 Å². The van der Waals surface area contributed by atoms with Gasteiger partial charge < -0.3 is 4.74 Å². The first-order valence-corrected chi connectivity index (χ1v) is 13.2. The third-order valence-corrected chi connectivity index (χ3v) is 8.29. The summed E-state index contributed by atoms with van der Waals surface area (Å²) in [7, 11) is 0. The topological polar surface area (TPSA) is 51.0 Å². The van der Waals surface area contributed by atoms with E-state index < -0.39 is 0 Å². The molecular formula is C23H20N2O2S4. The molecule has 4 rings (SSSR count). The largest absolute Gasteiger partial charge is 0.462 e. The number of ether oxygens (including phenoxy) is 1. The van der Waals surface area contributed by atoms with Crippen LogP contribution in [0.3, 0.4) is 0 Å². The molecule has 0 aliphatic rings. The summed E-state index contributed by atoms with van der Waals surface area (Å²) in [6, 6.07) is 12.3. The fourth-order valence-corrected chi connectivity index (χ4v) is 6.33. The van der Waals surface area contributed by atoms with E-state index in [1.807, 2.05) is 37.6 Å². The van der Waals surface area contributed by atoms with Gasteiger partial charge in [0.2, 0.25) is 0 Å². The van der Waals surface area contributed by atoms with Crippen molar-refractivity contribution in [2.75, 3.05) is 6.61 Å². The van der Waals surface area contributed by atoms with Gasteiger partial charge in [-0.25, -0.2) is 14.8 Å². The molecule has 0 fully saturated rings. The maximum atomic E-state index is 12.7. The highest BCUT2D eigenvalue weighted by Gasteiger charge is 2.23. The summed E-state index contributed by atoms with van der Waals surface area (Å²) in [5.41, 5.74) is 1.41. The Labute approximate surface area is 197 Å². The molecule has 0 bridgehead atoms. The van der Waals surface area contributed by atoms with Crippen molar-refractivity contribution in [1.29, 1.82) is 0 Å². The molecule has 0 unspecified atom stereocenters. The van der Waals surface area contributed by atoms with E-state index in [0.29, 0.717) is 23.6 Å². The number of hydrogen-bond acceptors (Lipinski definition) is 8. The fourth-order valence-electron chi connectivity index (χ4n) is 2.96. The number of carbonyl (C=O) groups excluding carboxylic acids is 1. The van der Waals surface area contributed by atoms with E-state index in [4.69, 9.17) is 9.73 Å². The summed E-state index contributed by atoms with van der Waals surface area (Å²) < 4.78 is 5.32. The Bertz CT molecular complexity index is 1200. The van der Waals surface area contributed by atoms with Crippen LogP contribution in [0.25, 0.3) is 9.75 Å². The molecule has 0 aromatic carbocycles. The van der Waals surface area contributed by atoms with Gasteiger partial charge in [-0.05, 0) is 48.4 Å². The van der Waals surface area contributed by atoms with Crippen LogP contribution in [0.1, 0.15) is 39.5 Å². The molecule has 0 aliphatic heterocycles. The molecule has 4 nitrogen and oxygen atoms in total. The zero-order valence-corrected chi connectivity index (χ0v) is 20.3. The molecule has 8 heteroatoms. The van der Waals surface area contributed by atoms with Gasteiger partial charge in [0, 0.05) is 37.5 Å². The number of esters is 1. The number of nitrogens with zero attached hydrogens (tertiary/aromatic N) is 2. The molecule has 4 heterocycles. The van der Waals surface area contributed by atoms with Crippen LogP contribution in [0.4, 0.5) is 10.0 Å². The molecular weight excluding hydrogens is 465 g/mol. The van der Waals surface area contributed by atoms with Gasteiger partial charge in [0.1, 0.15) is 15.6 Å². The van der Waals surface area contributed by atoms with Crippen LogP contribution >= 0.6 is 45.3 Å². The van der Waals surface area contributed by atoms with Gasteiger partial charge in [-0.15, -0.1) is 34.0 Å². The van der Waals surface area contributed by atoms with Gasteiger partial charge >= 0.3 is 5.97 Å². The Morgan fingerprint density at radius 2 is 1.68 bits per heavy atom. The Morgan fingerprint density at radius 3 is 2.39 bits per heavy atom. The van der Waals surface area contributed by atoms with Crippen LogP contribution in [0.2, 0.25) is 0 Å². The fraction of sp³-hybridized carbons (Fsp3) is 0.174. The SMILES string of the molecule is CCOC(=O)c1c(N=Cc2cccs2)sc(N=Cc2ccc(-c3cccs3)s2)c1CC. The molecule has 0 saturated heterocycles. The predicted molar refractivity (Wildman–Crippen MR) is 136 cm³/mol. The summed E-state index contributed by atoms with van der Waals surface area (Å²) in [5, 5.41) is 5.52. The maximum absolute atomic E-state index is 12.7. The normalized spacial score (nSPS) is 11.7. The molecule has 0 spiro atoms. The average molecular weight is 485 g/mol. The summed E-state index contributed by atoms with van der Waals surface area (Å²) in [6.45, 7) is 4.16. The van der Waals surface area contributed by atoms with Gasteiger partial charge in [0.25, 0.3) is 0 Å². The van der Waals surface area contributed by atoms with Gasteiger partial charge in [-0.3, -0.25) is 0 Å². The average Bonchev–Trinajstić information content (AvgIpc) is 3.57. The first-order chi connectivity index (χ1) is 15.2. The zero-order valence-electron chi connectivity index (χ0n) is 17.0. The molecule has 0 radical (unpaired) electrons. The smallest absolute Gasteiger partial charge is 0.341 e. The molecule has 158 valence electrons.